The monoisotopic (exact) mass is 288 g/mol. The summed E-state index contributed by atoms with van der Waals surface area (Å²) in [6.07, 6.45) is 9.03. The zero-order valence-electron chi connectivity index (χ0n) is 12.7. The third kappa shape index (κ3) is 3.51. The van der Waals surface area contributed by atoms with E-state index in [1.807, 2.05) is 23.4 Å². The lowest BCUT2D eigenvalue weighted by atomic mass is 10.2. The standard InChI is InChI=1S/C15H24N6/c1-2-21-12-14(10-18-21)15-11-17-13-20(15)7-3-6-19-8-4-16-5-9-19/h10-13,16H,2-9H2,1H3. The van der Waals surface area contributed by atoms with E-state index in [9.17, 15) is 0 Å². The van der Waals surface area contributed by atoms with Crippen LogP contribution in [0, 0.1) is 0 Å². The van der Waals surface area contributed by atoms with Crippen LogP contribution in [0.15, 0.2) is 24.9 Å². The number of nitrogens with zero attached hydrogens (tertiary/aromatic N) is 5. The minimum Gasteiger partial charge on any atom is -0.330 e. The fourth-order valence-corrected chi connectivity index (χ4v) is 2.81. The van der Waals surface area contributed by atoms with Crippen molar-refractivity contribution < 1.29 is 0 Å². The van der Waals surface area contributed by atoms with Gasteiger partial charge in [0.15, 0.2) is 0 Å². The minimum atomic E-state index is 0.900. The highest BCUT2D eigenvalue weighted by Crippen LogP contribution is 2.18. The first kappa shape index (κ1) is 14.3. The molecule has 114 valence electrons. The van der Waals surface area contributed by atoms with Crippen LogP contribution in [0.2, 0.25) is 0 Å². The maximum atomic E-state index is 4.35. The predicted octanol–water partition coefficient (Wildman–Crippen LogP) is 1.06. The lowest BCUT2D eigenvalue weighted by Crippen LogP contribution is -2.43. The average Bonchev–Trinajstić information content (AvgIpc) is 3.16. The summed E-state index contributed by atoms with van der Waals surface area (Å²) < 4.78 is 4.19. The van der Waals surface area contributed by atoms with E-state index in [-0.39, 0.29) is 0 Å². The van der Waals surface area contributed by atoms with Crippen molar-refractivity contribution in [1.29, 1.82) is 0 Å². The number of hydrogen-bond donors (Lipinski definition) is 1. The van der Waals surface area contributed by atoms with Crippen LogP contribution in [0.4, 0.5) is 0 Å². The van der Waals surface area contributed by atoms with Gasteiger partial charge < -0.3 is 14.8 Å². The van der Waals surface area contributed by atoms with Crippen molar-refractivity contribution in [3.8, 4) is 11.3 Å². The van der Waals surface area contributed by atoms with Crippen LogP contribution in [0.1, 0.15) is 13.3 Å². The van der Waals surface area contributed by atoms with Crippen LogP contribution in [-0.4, -0.2) is 57.0 Å². The second kappa shape index (κ2) is 6.87. The lowest BCUT2D eigenvalue weighted by Gasteiger charge is -2.27. The Balaban J connectivity index is 1.57. The first-order valence-electron chi connectivity index (χ1n) is 7.83. The number of nitrogens with one attached hydrogen (secondary N) is 1. The Morgan fingerprint density at radius 3 is 2.81 bits per heavy atom. The largest absolute Gasteiger partial charge is 0.330 e. The van der Waals surface area contributed by atoms with E-state index < -0.39 is 0 Å². The molecular weight excluding hydrogens is 264 g/mol. The molecule has 0 aromatic carbocycles. The number of imidazole rings is 1. The van der Waals surface area contributed by atoms with E-state index in [1.165, 1.54) is 13.1 Å². The zero-order valence-corrected chi connectivity index (χ0v) is 12.7. The van der Waals surface area contributed by atoms with Crippen molar-refractivity contribution in [2.24, 2.45) is 0 Å². The normalized spacial score (nSPS) is 16.4. The minimum absolute atomic E-state index is 0.900. The fraction of sp³-hybridized carbons (Fsp3) is 0.600. The van der Waals surface area contributed by atoms with Crippen LogP contribution in [0.5, 0.6) is 0 Å². The Morgan fingerprint density at radius 1 is 1.19 bits per heavy atom. The van der Waals surface area contributed by atoms with Crippen molar-refractivity contribution >= 4 is 0 Å². The Morgan fingerprint density at radius 2 is 2.05 bits per heavy atom. The van der Waals surface area contributed by atoms with Crippen LogP contribution in [0.25, 0.3) is 11.3 Å². The van der Waals surface area contributed by atoms with Gasteiger partial charge in [-0.2, -0.15) is 5.10 Å². The summed E-state index contributed by atoms with van der Waals surface area (Å²) in [6.45, 7) is 9.74. The topological polar surface area (TPSA) is 50.9 Å². The van der Waals surface area contributed by atoms with Gasteiger partial charge in [0.1, 0.15) is 0 Å². The molecule has 0 unspecified atom stereocenters. The van der Waals surface area contributed by atoms with Gasteiger partial charge in [0, 0.05) is 51.0 Å². The van der Waals surface area contributed by atoms with E-state index in [0.717, 1.165) is 50.4 Å². The van der Waals surface area contributed by atoms with Gasteiger partial charge in [-0.3, -0.25) is 4.68 Å². The van der Waals surface area contributed by atoms with Crippen LogP contribution in [-0.2, 0) is 13.1 Å². The molecule has 0 aliphatic carbocycles. The summed E-state index contributed by atoms with van der Waals surface area (Å²) in [6, 6.07) is 0. The summed E-state index contributed by atoms with van der Waals surface area (Å²) in [7, 11) is 0. The first-order chi connectivity index (χ1) is 10.4. The third-order valence-corrected chi connectivity index (χ3v) is 4.05. The molecule has 2 aromatic heterocycles. The molecule has 21 heavy (non-hydrogen) atoms. The van der Waals surface area contributed by atoms with Gasteiger partial charge in [-0.05, 0) is 19.9 Å². The molecule has 6 heteroatoms. The Labute approximate surface area is 125 Å². The number of hydrogen-bond acceptors (Lipinski definition) is 4. The summed E-state index contributed by atoms with van der Waals surface area (Å²) in [5, 5.41) is 7.74. The van der Waals surface area contributed by atoms with E-state index in [2.05, 4.69) is 38.0 Å². The fourth-order valence-electron chi connectivity index (χ4n) is 2.81. The summed E-state index contributed by atoms with van der Waals surface area (Å²) in [4.78, 5) is 6.83. The van der Waals surface area contributed by atoms with Gasteiger partial charge in [0.05, 0.1) is 24.4 Å². The van der Waals surface area contributed by atoms with Crippen molar-refractivity contribution in [2.45, 2.75) is 26.4 Å². The summed E-state index contributed by atoms with van der Waals surface area (Å²) in [5.41, 5.74) is 2.31. The second-order valence-corrected chi connectivity index (χ2v) is 5.50. The van der Waals surface area contributed by atoms with Crippen molar-refractivity contribution in [3.63, 3.8) is 0 Å². The average molecular weight is 288 g/mol. The molecule has 1 fully saturated rings. The Kier molecular flexibility index (Phi) is 4.67. The third-order valence-electron chi connectivity index (χ3n) is 4.05. The summed E-state index contributed by atoms with van der Waals surface area (Å²) in [5.74, 6) is 0. The molecule has 3 rings (SSSR count). The molecular formula is C15H24N6. The molecule has 0 spiro atoms. The van der Waals surface area contributed by atoms with Crippen LogP contribution < -0.4 is 5.32 Å². The second-order valence-electron chi connectivity index (χ2n) is 5.50. The van der Waals surface area contributed by atoms with Crippen molar-refractivity contribution in [2.75, 3.05) is 32.7 Å². The van der Waals surface area contributed by atoms with Crippen molar-refractivity contribution in [1.82, 2.24) is 29.5 Å². The number of aryl methyl sites for hydroxylation is 2. The van der Waals surface area contributed by atoms with E-state index in [4.69, 9.17) is 0 Å². The SMILES string of the molecule is CCn1cc(-c2cncn2CCCN2CCNCC2)cn1. The highest BCUT2D eigenvalue weighted by atomic mass is 15.3. The molecule has 0 radical (unpaired) electrons. The van der Waals surface area contributed by atoms with E-state index >= 15 is 0 Å². The molecule has 3 heterocycles. The van der Waals surface area contributed by atoms with Crippen LogP contribution in [0.3, 0.4) is 0 Å². The number of rotatable bonds is 6. The quantitative estimate of drug-likeness (QED) is 0.863. The van der Waals surface area contributed by atoms with Gasteiger partial charge >= 0.3 is 0 Å². The van der Waals surface area contributed by atoms with Gasteiger partial charge in [-0.1, -0.05) is 0 Å². The predicted molar refractivity (Wildman–Crippen MR) is 83.0 cm³/mol. The molecule has 0 amide bonds. The Hall–Kier alpha value is -1.66. The number of aromatic nitrogens is 4. The van der Waals surface area contributed by atoms with E-state index in [0.29, 0.717) is 0 Å². The van der Waals surface area contributed by atoms with Crippen molar-refractivity contribution in [3.05, 3.63) is 24.9 Å². The molecule has 6 nitrogen and oxygen atoms in total. The first-order valence-corrected chi connectivity index (χ1v) is 7.83. The molecule has 1 N–H and O–H groups in total. The lowest BCUT2D eigenvalue weighted by molar-refractivity contribution is 0.235. The van der Waals surface area contributed by atoms with E-state index in [1.54, 1.807) is 0 Å². The smallest absolute Gasteiger partial charge is 0.0950 e. The molecule has 1 saturated heterocycles. The van der Waals surface area contributed by atoms with Gasteiger partial charge in [0.2, 0.25) is 0 Å². The summed E-state index contributed by atoms with van der Waals surface area (Å²) >= 11 is 0. The van der Waals surface area contributed by atoms with Crippen LogP contribution >= 0.6 is 0 Å². The highest BCUT2D eigenvalue weighted by Gasteiger charge is 2.10. The Bertz CT molecular complexity index is 552. The molecule has 0 saturated carbocycles. The molecule has 2 aromatic rings. The molecule has 0 bridgehead atoms. The van der Waals surface area contributed by atoms with Gasteiger partial charge in [0.25, 0.3) is 0 Å². The zero-order chi connectivity index (χ0) is 14.5. The highest BCUT2D eigenvalue weighted by molar-refractivity contribution is 5.56. The molecule has 1 aliphatic rings. The molecule has 1 aliphatic heterocycles. The van der Waals surface area contributed by atoms with Gasteiger partial charge in [-0.15, -0.1) is 0 Å². The van der Waals surface area contributed by atoms with Gasteiger partial charge in [-0.25, -0.2) is 4.98 Å². The maximum Gasteiger partial charge on any atom is 0.0950 e. The maximum absolute atomic E-state index is 4.35. The number of piperazine rings is 1. The molecule has 0 atom stereocenters.